The van der Waals surface area contributed by atoms with Crippen LogP contribution in [0.4, 0.5) is 5.82 Å². The summed E-state index contributed by atoms with van der Waals surface area (Å²) in [4.78, 5) is 24.6. The van der Waals surface area contributed by atoms with Crippen LogP contribution >= 0.6 is 0 Å². The Hall–Kier alpha value is -2.35. The second-order valence-corrected chi connectivity index (χ2v) is 6.68. The third-order valence-corrected chi connectivity index (χ3v) is 4.49. The van der Waals surface area contributed by atoms with E-state index < -0.39 is 0 Å². The second-order valence-electron chi connectivity index (χ2n) is 6.68. The smallest absolute Gasteiger partial charge is 0.233 e. The Balaban J connectivity index is 1.78. The van der Waals surface area contributed by atoms with Crippen LogP contribution in [-0.4, -0.2) is 75.6 Å². The topological polar surface area (TPSA) is 84.9 Å². The average molecular weight is 361 g/mol. The van der Waals surface area contributed by atoms with Gasteiger partial charge in [-0.1, -0.05) is 6.07 Å². The Bertz CT molecular complexity index is 609. The molecule has 144 valence electrons. The number of pyridine rings is 1. The lowest BCUT2D eigenvalue weighted by molar-refractivity contribution is -0.122. The highest BCUT2D eigenvalue weighted by Gasteiger charge is 2.21. The molecule has 1 amide bonds. The van der Waals surface area contributed by atoms with Crippen molar-refractivity contribution in [2.24, 2.45) is 4.99 Å². The molecule has 2 rings (SSSR count). The molecule has 0 aliphatic carbocycles. The number of hydrogen-bond acceptors (Lipinski definition) is 5. The zero-order valence-electron chi connectivity index (χ0n) is 16.2. The minimum absolute atomic E-state index is 0.0707. The monoisotopic (exact) mass is 361 g/mol. The fourth-order valence-corrected chi connectivity index (χ4v) is 2.89. The van der Waals surface area contributed by atoms with Crippen molar-refractivity contribution in [2.45, 2.75) is 25.4 Å². The molecule has 8 nitrogen and oxygen atoms in total. The summed E-state index contributed by atoms with van der Waals surface area (Å²) >= 11 is 0. The minimum Gasteiger partial charge on any atom is -0.363 e. The summed E-state index contributed by atoms with van der Waals surface area (Å²) in [6, 6.07) is 6.37. The minimum atomic E-state index is 0.0707. The summed E-state index contributed by atoms with van der Waals surface area (Å²) < 4.78 is 0. The highest BCUT2D eigenvalue weighted by molar-refractivity contribution is 5.80. The van der Waals surface area contributed by atoms with E-state index in [1.54, 1.807) is 14.1 Å². The van der Waals surface area contributed by atoms with Crippen molar-refractivity contribution in [3.63, 3.8) is 0 Å². The molecule has 1 saturated heterocycles. The lowest BCUT2D eigenvalue weighted by atomic mass is 10.1. The summed E-state index contributed by atoms with van der Waals surface area (Å²) in [5, 5.41) is 9.48. The van der Waals surface area contributed by atoms with E-state index in [2.05, 4.69) is 30.8 Å². The van der Waals surface area contributed by atoms with E-state index in [0.717, 1.165) is 43.4 Å². The number of aromatic nitrogens is 1. The SMILES string of the molecule is CN=C(NCc1cccc(N(C)C)n1)NC1CCN(CC(=O)NC)CC1. The van der Waals surface area contributed by atoms with Crippen molar-refractivity contribution in [1.29, 1.82) is 0 Å². The van der Waals surface area contributed by atoms with Gasteiger partial charge in [-0.25, -0.2) is 4.98 Å². The molecule has 1 aliphatic heterocycles. The van der Waals surface area contributed by atoms with Crippen LogP contribution in [0.2, 0.25) is 0 Å². The fraction of sp³-hybridized carbons (Fsp3) is 0.611. The first-order valence-electron chi connectivity index (χ1n) is 9.05. The number of piperidine rings is 1. The van der Waals surface area contributed by atoms with Gasteiger partial charge in [-0.2, -0.15) is 0 Å². The van der Waals surface area contributed by atoms with Crippen LogP contribution in [0, 0.1) is 0 Å². The summed E-state index contributed by atoms with van der Waals surface area (Å²) in [5.74, 6) is 1.80. The quantitative estimate of drug-likeness (QED) is 0.489. The second kappa shape index (κ2) is 9.96. The molecule has 8 heteroatoms. The molecule has 0 atom stereocenters. The van der Waals surface area contributed by atoms with Crippen LogP contribution in [0.1, 0.15) is 18.5 Å². The Labute approximate surface area is 156 Å². The van der Waals surface area contributed by atoms with Gasteiger partial charge in [0.15, 0.2) is 5.96 Å². The molecular weight excluding hydrogens is 330 g/mol. The molecule has 0 aromatic carbocycles. The molecule has 0 unspecified atom stereocenters. The van der Waals surface area contributed by atoms with Crippen molar-refractivity contribution in [3.8, 4) is 0 Å². The molecular formula is C18H31N7O. The first-order chi connectivity index (χ1) is 12.5. The number of amides is 1. The van der Waals surface area contributed by atoms with Gasteiger partial charge in [-0.3, -0.25) is 14.7 Å². The Kier molecular flexibility index (Phi) is 7.65. The molecule has 1 aromatic rings. The van der Waals surface area contributed by atoms with Crippen LogP contribution in [0.5, 0.6) is 0 Å². The van der Waals surface area contributed by atoms with Crippen LogP contribution in [0.25, 0.3) is 0 Å². The van der Waals surface area contributed by atoms with Gasteiger partial charge in [0.1, 0.15) is 5.82 Å². The van der Waals surface area contributed by atoms with Gasteiger partial charge in [-0.15, -0.1) is 0 Å². The number of carbonyl (C=O) groups is 1. The van der Waals surface area contributed by atoms with Crippen molar-refractivity contribution in [1.82, 2.24) is 25.8 Å². The predicted molar refractivity (Wildman–Crippen MR) is 105 cm³/mol. The Morgan fingerprint density at radius 1 is 1.35 bits per heavy atom. The Morgan fingerprint density at radius 2 is 2.08 bits per heavy atom. The predicted octanol–water partition coefficient (Wildman–Crippen LogP) is 0.0230. The molecule has 26 heavy (non-hydrogen) atoms. The number of guanidine groups is 1. The number of nitrogens with one attached hydrogen (secondary N) is 3. The lowest BCUT2D eigenvalue weighted by Crippen LogP contribution is -2.49. The van der Waals surface area contributed by atoms with Gasteiger partial charge in [0.25, 0.3) is 0 Å². The molecule has 2 heterocycles. The van der Waals surface area contributed by atoms with E-state index in [4.69, 9.17) is 0 Å². The normalized spacial score (nSPS) is 16.2. The number of nitrogens with zero attached hydrogens (tertiary/aromatic N) is 4. The van der Waals surface area contributed by atoms with Crippen LogP contribution in [0.3, 0.4) is 0 Å². The highest BCUT2D eigenvalue weighted by atomic mass is 16.1. The first kappa shape index (κ1) is 20.0. The van der Waals surface area contributed by atoms with Crippen LogP contribution in [-0.2, 0) is 11.3 Å². The highest BCUT2D eigenvalue weighted by Crippen LogP contribution is 2.10. The summed E-state index contributed by atoms with van der Waals surface area (Å²) in [6.45, 7) is 2.92. The summed E-state index contributed by atoms with van der Waals surface area (Å²) in [6.07, 6.45) is 1.98. The Morgan fingerprint density at radius 3 is 2.69 bits per heavy atom. The van der Waals surface area contributed by atoms with Gasteiger partial charge in [0, 0.05) is 47.3 Å². The number of aliphatic imine (C=N–C) groups is 1. The molecule has 0 spiro atoms. The third-order valence-electron chi connectivity index (χ3n) is 4.49. The number of rotatable bonds is 6. The number of likely N-dealkylation sites (tertiary alicyclic amines) is 1. The molecule has 0 saturated carbocycles. The van der Waals surface area contributed by atoms with Gasteiger partial charge < -0.3 is 20.9 Å². The van der Waals surface area contributed by atoms with Crippen molar-refractivity contribution >= 4 is 17.7 Å². The fourth-order valence-electron chi connectivity index (χ4n) is 2.89. The maximum absolute atomic E-state index is 11.5. The first-order valence-corrected chi connectivity index (χ1v) is 9.05. The van der Waals surface area contributed by atoms with E-state index in [0.29, 0.717) is 19.1 Å². The maximum atomic E-state index is 11.5. The van der Waals surface area contributed by atoms with E-state index in [9.17, 15) is 4.79 Å². The van der Waals surface area contributed by atoms with Crippen LogP contribution in [0.15, 0.2) is 23.2 Å². The van der Waals surface area contributed by atoms with E-state index >= 15 is 0 Å². The molecule has 1 fully saturated rings. The zero-order valence-corrected chi connectivity index (χ0v) is 16.2. The number of carbonyl (C=O) groups excluding carboxylic acids is 1. The van der Waals surface area contributed by atoms with Crippen LogP contribution < -0.4 is 20.9 Å². The molecule has 3 N–H and O–H groups in total. The van der Waals surface area contributed by atoms with E-state index in [1.807, 2.05) is 37.2 Å². The number of anilines is 1. The summed E-state index contributed by atoms with van der Waals surface area (Å²) in [7, 11) is 7.42. The number of hydrogen-bond donors (Lipinski definition) is 3. The average Bonchev–Trinajstić information content (AvgIpc) is 2.66. The molecule has 0 bridgehead atoms. The van der Waals surface area contributed by atoms with Crippen molar-refractivity contribution < 1.29 is 4.79 Å². The molecule has 1 aliphatic rings. The van der Waals surface area contributed by atoms with Gasteiger partial charge >= 0.3 is 0 Å². The third kappa shape index (κ3) is 6.18. The molecule has 1 aromatic heterocycles. The van der Waals surface area contributed by atoms with Crippen molar-refractivity contribution in [3.05, 3.63) is 23.9 Å². The zero-order chi connectivity index (χ0) is 18.9. The molecule has 0 radical (unpaired) electrons. The lowest BCUT2D eigenvalue weighted by Gasteiger charge is -2.32. The summed E-state index contributed by atoms with van der Waals surface area (Å²) in [5.41, 5.74) is 0.972. The van der Waals surface area contributed by atoms with Crippen molar-refractivity contribution in [2.75, 3.05) is 52.7 Å². The van der Waals surface area contributed by atoms with E-state index in [-0.39, 0.29) is 5.91 Å². The van der Waals surface area contributed by atoms with E-state index in [1.165, 1.54) is 0 Å². The standard InChI is InChI=1S/C18H31N7O/c1-19-17(26)13-25-10-8-14(9-11-25)23-18(20-2)21-12-15-6-5-7-16(22-15)24(3)4/h5-7,14H,8-13H2,1-4H3,(H,19,26)(H2,20,21,23). The maximum Gasteiger partial charge on any atom is 0.233 e. The van der Waals surface area contributed by atoms with Gasteiger partial charge in [0.2, 0.25) is 5.91 Å². The van der Waals surface area contributed by atoms with Gasteiger partial charge in [0.05, 0.1) is 18.8 Å². The van der Waals surface area contributed by atoms with Gasteiger partial charge in [-0.05, 0) is 25.0 Å². The largest absolute Gasteiger partial charge is 0.363 e. The number of likely N-dealkylation sites (N-methyl/N-ethyl adjacent to an activating group) is 1.